The third-order valence-corrected chi connectivity index (χ3v) is 7.02. The summed E-state index contributed by atoms with van der Waals surface area (Å²) in [6, 6.07) is 10.8. The van der Waals surface area contributed by atoms with Crippen LogP contribution in [0.25, 0.3) is 0 Å². The van der Waals surface area contributed by atoms with Crippen LogP contribution in [0.4, 0.5) is 0 Å². The molecule has 0 spiro atoms. The molecule has 3 rings (SSSR count). The number of benzene rings is 1. The average Bonchev–Trinajstić information content (AvgIpc) is 3.12. The van der Waals surface area contributed by atoms with Gasteiger partial charge in [0.25, 0.3) is 5.56 Å². The van der Waals surface area contributed by atoms with E-state index in [0.717, 1.165) is 21.7 Å². The SMILES string of the molecule is Cc1cn(C2ON(Cc3ccccc3)C/C2=C/CO)c(=O)n(COCC[Si](C)(C)C)c1=O. The number of aliphatic hydroxyl groups is 1. The maximum atomic E-state index is 13.2. The molecule has 1 unspecified atom stereocenters. The molecule has 2 heterocycles. The molecule has 1 fully saturated rings. The van der Waals surface area contributed by atoms with Gasteiger partial charge in [-0.05, 0) is 24.1 Å². The number of rotatable bonds is 9. The molecule has 0 amide bonds. The fraction of sp³-hybridized carbons (Fsp3) is 0.478. The van der Waals surface area contributed by atoms with Gasteiger partial charge in [0.2, 0.25) is 0 Å². The van der Waals surface area contributed by atoms with Gasteiger partial charge in [0, 0.05) is 33.0 Å². The fourth-order valence-corrected chi connectivity index (χ4v) is 4.25. The zero-order valence-electron chi connectivity index (χ0n) is 19.3. The minimum Gasteiger partial charge on any atom is -0.392 e. The predicted octanol–water partition coefficient (Wildman–Crippen LogP) is 2.50. The molecule has 0 saturated carbocycles. The van der Waals surface area contributed by atoms with Gasteiger partial charge >= 0.3 is 5.69 Å². The largest absolute Gasteiger partial charge is 0.392 e. The molecule has 2 aromatic rings. The van der Waals surface area contributed by atoms with Crippen molar-refractivity contribution in [2.24, 2.45) is 0 Å². The van der Waals surface area contributed by atoms with E-state index >= 15 is 0 Å². The highest BCUT2D eigenvalue weighted by Crippen LogP contribution is 2.29. The minimum absolute atomic E-state index is 0.0939. The second-order valence-electron chi connectivity index (χ2n) is 9.29. The molecule has 1 atom stereocenters. The lowest BCUT2D eigenvalue weighted by molar-refractivity contribution is -0.174. The zero-order chi connectivity index (χ0) is 23.3. The maximum Gasteiger partial charge on any atom is 0.335 e. The second-order valence-corrected chi connectivity index (χ2v) is 14.9. The highest BCUT2D eigenvalue weighted by molar-refractivity contribution is 6.76. The van der Waals surface area contributed by atoms with E-state index in [0.29, 0.717) is 25.3 Å². The van der Waals surface area contributed by atoms with Crippen molar-refractivity contribution in [2.75, 3.05) is 19.8 Å². The summed E-state index contributed by atoms with van der Waals surface area (Å²) in [5, 5.41) is 11.2. The Balaban J connectivity index is 1.84. The van der Waals surface area contributed by atoms with E-state index < -0.39 is 20.0 Å². The van der Waals surface area contributed by atoms with Gasteiger partial charge in [-0.2, -0.15) is 5.06 Å². The highest BCUT2D eigenvalue weighted by atomic mass is 28.3. The van der Waals surface area contributed by atoms with Crippen molar-refractivity contribution in [3.8, 4) is 0 Å². The summed E-state index contributed by atoms with van der Waals surface area (Å²) in [6.45, 7) is 9.63. The highest BCUT2D eigenvalue weighted by Gasteiger charge is 2.31. The first-order valence-electron chi connectivity index (χ1n) is 10.9. The smallest absolute Gasteiger partial charge is 0.335 e. The number of aliphatic hydroxyl groups excluding tert-OH is 1. The average molecular weight is 460 g/mol. The second kappa shape index (κ2) is 10.5. The molecule has 8 nitrogen and oxygen atoms in total. The molecule has 1 aliphatic heterocycles. The first-order valence-corrected chi connectivity index (χ1v) is 14.6. The summed E-state index contributed by atoms with van der Waals surface area (Å²) in [4.78, 5) is 31.9. The van der Waals surface area contributed by atoms with Crippen LogP contribution < -0.4 is 11.2 Å². The van der Waals surface area contributed by atoms with Crippen molar-refractivity contribution in [2.45, 2.75) is 52.1 Å². The number of nitrogens with zero attached hydrogens (tertiary/aromatic N) is 3. The Morgan fingerprint density at radius 1 is 1.22 bits per heavy atom. The lowest BCUT2D eigenvalue weighted by Crippen LogP contribution is -2.43. The first-order chi connectivity index (χ1) is 15.2. The molecule has 1 N–H and O–H groups in total. The summed E-state index contributed by atoms with van der Waals surface area (Å²) in [5.41, 5.74) is 1.39. The normalized spacial score (nSPS) is 18.5. The third kappa shape index (κ3) is 6.14. The van der Waals surface area contributed by atoms with Gasteiger partial charge in [-0.15, -0.1) is 0 Å². The number of ether oxygens (including phenoxy) is 1. The molecule has 1 aliphatic rings. The van der Waals surface area contributed by atoms with E-state index in [9.17, 15) is 14.7 Å². The first kappa shape index (κ1) is 24.3. The van der Waals surface area contributed by atoms with Crippen LogP contribution in [0.3, 0.4) is 0 Å². The van der Waals surface area contributed by atoms with Crippen LogP contribution in [0.1, 0.15) is 17.4 Å². The number of hydrogen-bond donors (Lipinski definition) is 1. The van der Waals surface area contributed by atoms with Crippen molar-refractivity contribution >= 4 is 8.07 Å². The Bertz CT molecular complexity index is 1060. The maximum absolute atomic E-state index is 13.2. The van der Waals surface area contributed by atoms with Crippen LogP contribution in [-0.2, 0) is 22.9 Å². The molecule has 1 aromatic heterocycles. The van der Waals surface area contributed by atoms with Crippen LogP contribution in [0.15, 0.2) is 57.8 Å². The lowest BCUT2D eigenvalue weighted by atomic mass is 10.2. The van der Waals surface area contributed by atoms with E-state index in [1.165, 1.54) is 10.8 Å². The Morgan fingerprint density at radius 2 is 1.94 bits per heavy atom. The topological polar surface area (TPSA) is 85.9 Å². The number of hydroxylamine groups is 2. The summed E-state index contributed by atoms with van der Waals surface area (Å²) in [7, 11) is -1.28. The van der Waals surface area contributed by atoms with Gasteiger partial charge < -0.3 is 9.84 Å². The molecular formula is C23H33N3O5Si. The fourth-order valence-electron chi connectivity index (χ4n) is 3.49. The number of hydrogen-bond acceptors (Lipinski definition) is 6. The summed E-state index contributed by atoms with van der Waals surface area (Å²) < 4.78 is 8.20. The molecule has 174 valence electrons. The quantitative estimate of drug-likeness (QED) is 0.352. The summed E-state index contributed by atoms with van der Waals surface area (Å²) in [5.74, 6) is 0. The van der Waals surface area contributed by atoms with E-state index in [2.05, 4.69) is 19.6 Å². The van der Waals surface area contributed by atoms with Crippen LogP contribution in [0.2, 0.25) is 25.7 Å². The third-order valence-electron chi connectivity index (χ3n) is 5.32. The molecule has 9 heteroatoms. The molecule has 0 aliphatic carbocycles. The monoisotopic (exact) mass is 459 g/mol. The zero-order valence-corrected chi connectivity index (χ0v) is 20.3. The van der Waals surface area contributed by atoms with E-state index in [-0.39, 0.29) is 18.9 Å². The van der Waals surface area contributed by atoms with Crippen molar-refractivity contribution in [1.29, 1.82) is 0 Å². The van der Waals surface area contributed by atoms with Gasteiger partial charge in [-0.1, -0.05) is 56.0 Å². The van der Waals surface area contributed by atoms with Gasteiger partial charge in [0.05, 0.1) is 13.2 Å². The van der Waals surface area contributed by atoms with Crippen LogP contribution >= 0.6 is 0 Å². The van der Waals surface area contributed by atoms with Crippen molar-refractivity contribution in [3.05, 3.63) is 80.1 Å². The molecule has 1 saturated heterocycles. The molecule has 0 bridgehead atoms. The van der Waals surface area contributed by atoms with Gasteiger partial charge in [-0.25, -0.2) is 9.36 Å². The molecule has 1 aromatic carbocycles. The van der Waals surface area contributed by atoms with Crippen molar-refractivity contribution < 1.29 is 14.7 Å². The van der Waals surface area contributed by atoms with Crippen molar-refractivity contribution in [3.63, 3.8) is 0 Å². The van der Waals surface area contributed by atoms with E-state index in [1.807, 2.05) is 30.3 Å². The lowest BCUT2D eigenvalue weighted by Gasteiger charge is -2.20. The summed E-state index contributed by atoms with van der Waals surface area (Å²) >= 11 is 0. The number of aromatic nitrogens is 2. The molecule has 0 radical (unpaired) electrons. The Kier molecular flexibility index (Phi) is 8.02. The number of aryl methyl sites for hydroxylation is 1. The summed E-state index contributed by atoms with van der Waals surface area (Å²) in [6.07, 6.45) is 2.44. The Labute approximate surface area is 189 Å². The Hall–Kier alpha value is -2.30. The standard InChI is InChI=1S/C23H33N3O5Si/c1-18-14-25(23(29)26(21(18)28)17-30-12-13-32(2,3)4)22-20(10-11-27)16-24(31-22)15-19-8-6-5-7-9-19/h5-10,14,22,27H,11-13,15-17H2,1-4H3/b20-10-. The van der Waals surface area contributed by atoms with Gasteiger partial charge in [-0.3, -0.25) is 14.2 Å². The molecular weight excluding hydrogens is 426 g/mol. The van der Waals surface area contributed by atoms with Crippen LogP contribution in [0.5, 0.6) is 0 Å². The van der Waals surface area contributed by atoms with Crippen molar-refractivity contribution in [1.82, 2.24) is 14.2 Å². The van der Waals surface area contributed by atoms with Crippen LogP contribution in [0, 0.1) is 6.92 Å². The van der Waals surface area contributed by atoms with E-state index in [1.54, 1.807) is 18.1 Å². The van der Waals surface area contributed by atoms with E-state index in [4.69, 9.17) is 9.57 Å². The van der Waals surface area contributed by atoms with Gasteiger partial charge in [0.1, 0.15) is 6.73 Å². The minimum atomic E-state index is -1.28. The Morgan fingerprint density at radius 3 is 2.59 bits per heavy atom. The molecule has 32 heavy (non-hydrogen) atoms. The van der Waals surface area contributed by atoms with Gasteiger partial charge in [0.15, 0.2) is 6.23 Å². The van der Waals surface area contributed by atoms with Crippen LogP contribution in [-0.4, -0.2) is 47.1 Å². The predicted molar refractivity (Wildman–Crippen MR) is 126 cm³/mol.